The number of halogens is 1. The van der Waals surface area contributed by atoms with Crippen LogP contribution in [-0.4, -0.2) is 10.8 Å². The van der Waals surface area contributed by atoms with E-state index in [1.54, 1.807) is 12.3 Å². The second kappa shape index (κ2) is 5.78. The predicted molar refractivity (Wildman–Crippen MR) is 73.1 cm³/mol. The maximum absolute atomic E-state index is 12.2. The molecule has 0 N–H and O–H groups in total. The van der Waals surface area contributed by atoms with Crippen molar-refractivity contribution in [2.45, 2.75) is 19.8 Å². The lowest BCUT2D eigenvalue weighted by Gasteiger charge is -2.04. The van der Waals surface area contributed by atoms with Crippen LogP contribution in [0, 0.1) is 0 Å². The van der Waals surface area contributed by atoms with Gasteiger partial charge in [0.25, 0.3) is 0 Å². The Kier molecular flexibility index (Phi) is 4.11. The van der Waals surface area contributed by atoms with Crippen molar-refractivity contribution >= 4 is 17.4 Å². The molecule has 0 bridgehead atoms. The maximum Gasteiger partial charge on any atom is 0.194 e. The number of ketones is 1. The summed E-state index contributed by atoms with van der Waals surface area (Å²) in [5.74, 6) is -0.0644. The van der Waals surface area contributed by atoms with E-state index in [1.807, 2.05) is 24.3 Å². The first-order valence-corrected chi connectivity index (χ1v) is 6.33. The fourth-order valence-corrected chi connectivity index (χ4v) is 2.03. The Bertz CT molecular complexity index is 549. The van der Waals surface area contributed by atoms with Crippen molar-refractivity contribution in [3.63, 3.8) is 0 Å². The Hall–Kier alpha value is -1.67. The van der Waals surface area contributed by atoms with Gasteiger partial charge in [-0.1, -0.05) is 49.2 Å². The second-order valence-corrected chi connectivity index (χ2v) is 4.54. The van der Waals surface area contributed by atoms with Gasteiger partial charge >= 0.3 is 0 Å². The third-order valence-corrected chi connectivity index (χ3v) is 3.07. The summed E-state index contributed by atoms with van der Waals surface area (Å²) in [5.41, 5.74) is 2.40. The summed E-state index contributed by atoms with van der Waals surface area (Å²) in [6, 6.07) is 9.33. The van der Waals surface area contributed by atoms with E-state index in [4.69, 9.17) is 11.6 Å². The summed E-state index contributed by atoms with van der Waals surface area (Å²) in [7, 11) is 0. The van der Waals surface area contributed by atoms with Crippen molar-refractivity contribution < 1.29 is 4.79 Å². The van der Waals surface area contributed by atoms with Gasteiger partial charge in [-0.3, -0.25) is 9.78 Å². The molecule has 3 heteroatoms. The largest absolute Gasteiger partial charge is 0.289 e. The summed E-state index contributed by atoms with van der Waals surface area (Å²) in [5, 5.41) is 0.389. The molecule has 2 rings (SSSR count). The minimum Gasteiger partial charge on any atom is -0.289 e. The average molecular weight is 260 g/mol. The fourth-order valence-electron chi connectivity index (χ4n) is 1.83. The maximum atomic E-state index is 12.2. The Morgan fingerprint density at radius 2 is 1.94 bits per heavy atom. The van der Waals surface area contributed by atoms with Gasteiger partial charge in [0, 0.05) is 23.5 Å². The van der Waals surface area contributed by atoms with Crippen LogP contribution in [0.3, 0.4) is 0 Å². The highest BCUT2D eigenvalue weighted by molar-refractivity contribution is 6.34. The average Bonchev–Trinajstić information content (AvgIpc) is 2.40. The van der Waals surface area contributed by atoms with Crippen molar-refractivity contribution in [2.75, 3.05) is 0 Å². The van der Waals surface area contributed by atoms with Gasteiger partial charge in [0.1, 0.15) is 0 Å². The minimum atomic E-state index is -0.0644. The first-order chi connectivity index (χ1) is 8.72. The highest BCUT2D eigenvalue weighted by Gasteiger charge is 2.12. The Morgan fingerprint density at radius 3 is 2.56 bits per heavy atom. The van der Waals surface area contributed by atoms with Gasteiger partial charge in [-0.2, -0.15) is 0 Å². The molecule has 0 fully saturated rings. The summed E-state index contributed by atoms with van der Waals surface area (Å²) in [6.45, 7) is 2.13. The number of carbonyl (C=O) groups excluding carboxylic acids is 1. The molecule has 0 aliphatic carbocycles. The zero-order valence-corrected chi connectivity index (χ0v) is 10.9. The summed E-state index contributed by atoms with van der Waals surface area (Å²) in [4.78, 5) is 16.1. The number of pyridine rings is 1. The molecule has 0 aliphatic rings. The molecule has 1 aromatic heterocycles. The lowest BCUT2D eigenvalue weighted by Crippen LogP contribution is -2.02. The molecular formula is C15H14ClNO. The van der Waals surface area contributed by atoms with Gasteiger partial charge in [-0.05, 0) is 18.1 Å². The van der Waals surface area contributed by atoms with Crippen LogP contribution in [0.4, 0.5) is 0 Å². The topological polar surface area (TPSA) is 30.0 Å². The van der Waals surface area contributed by atoms with E-state index in [9.17, 15) is 4.79 Å². The number of carbonyl (C=O) groups is 1. The monoisotopic (exact) mass is 259 g/mol. The van der Waals surface area contributed by atoms with Gasteiger partial charge in [0.2, 0.25) is 0 Å². The lowest BCUT2D eigenvalue weighted by molar-refractivity contribution is 0.103. The molecule has 0 saturated heterocycles. The van der Waals surface area contributed by atoms with Crippen LogP contribution >= 0.6 is 11.6 Å². The molecule has 0 amide bonds. The summed E-state index contributed by atoms with van der Waals surface area (Å²) < 4.78 is 0. The van der Waals surface area contributed by atoms with E-state index in [0.717, 1.165) is 12.8 Å². The number of benzene rings is 1. The first kappa shape index (κ1) is 12.8. The van der Waals surface area contributed by atoms with Crippen LogP contribution in [0.5, 0.6) is 0 Å². The molecule has 1 aromatic carbocycles. The highest BCUT2D eigenvalue weighted by atomic mass is 35.5. The quantitative estimate of drug-likeness (QED) is 0.779. The van der Waals surface area contributed by atoms with Gasteiger partial charge in [0.15, 0.2) is 5.78 Å². The Morgan fingerprint density at radius 1 is 1.22 bits per heavy atom. The number of hydrogen-bond acceptors (Lipinski definition) is 2. The first-order valence-electron chi connectivity index (χ1n) is 5.95. The molecule has 92 valence electrons. The molecule has 2 nitrogen and oxygen atoms in total. The van der Waals surface area contributed by atoms with E-state index in [0.29, 0.717) is 16.1 Å². The van der Waals surface area contributed by atoms with Crippen molar-refractivity contribution in [3.05, 3.63) is 64.4 Å². The molecule has 0 spiro atoms. The van der Waals surface area contributed by atoms with E-state index < -0.39 is 0 Å². The van der Waals surface area contributed by atoms with Crippen molar-refractivity contribution in [1.29, 1.82) is 0 Å². The second-order valence-electron chi connectivity index (χ2n) is 4.13. The molecule has 18 heavy (non-hydrogen) atoms. The molecule has 2 aromatic rings. The number of hydrogen-bond donors (Lipinski definition) is 0. The molecule has 0 radical (unpaired) electrons. The van der Waals surface area contributed by atoms with E-state index in [1.165, 1.54) is 11.8 Å². The van der Waals surface area contributed by atoms with Crippen LogP contribution in [-0.2, 0) is 6.42 Å². The van der Waals surface area contributed by atoms with Crippen molar-refractivity contribution in [3.8, 4) is 0 Å². The number of aromatic nitrogens is 1. The van der Waals surface area contributed by atoms with Gasteiger partial charge < -0.3 is 0 Å². The molecule has 0 unspecified atom stereocenters. The van der Waals surface area contributed by atoms with Gasteiger partial charge in [0.05, 0.1) is 5.02 Å². The van der Waals surface area contributed by atoms with Crippen LogP contribution < -0.4 is 0 Å². The smallest absolute Gasteiger partial charge is 0.194 e. The van der Waals surface area contributed by atoms with E-state index >= 15 is 0 Å². The van der Waals surface area contributed by atoms with Crippen LogP contribution in [0.1, 0.15) is 34.8 Å². The number of aryl methyl sites for hydroxylation is 1. The highest BCUT2D eigenvalue weighted by Crippen LogP contribution is 2.18. The van der Waals surface area contributed by atoms with Crippen LogP contribution in [0.2, 0.25) is 5.02 Å². The number of nitrogens with zero attached hydrogens (tertiary/aromatic N) is 1. The van der Waals surface area contributed by atoms with Crippen molar-refractivity contribution in [2.24, 2.45) is 0 Å². The zero-order chi connectivity index (χ0) is 13.0. The normalized spacial score (nSPS) is 10.3. The molecule has 0 atom stereocenters. The minimum absolute atomic E-state index is 0.0644. The van der Waals surface area contributed by atoms with Gasteiger partial charge in [-0.15, -0.1) is 0 Å². The zero-order valence-electron chi connectivity index (χ0n) is 10.2. The predicted octanol–water partition coefficient (Wildman–Crippen LogP) is 3.92. The lowest BCUT2D eigenvalue weighted by atomic mass is 10.0. The number of rotatable bonds is 4. The summed E-state index contributed by atoms with van der Waals surface area (Å²) >= 11 is 5.97. The standard InChI is InChI=1S/C15H14ClNO/c1-2-3-11-4-6-12(7-5-11)15(18)13-8-9-17-10-14(13)16/h4-10H,2-3H2,1H3. The van der Waals surface area contributed by atoms with Crippen LogP contribution in [0.25, 0.3) is 0 Å². The molecule has 0 aliphatic heterocycles. The fraction of sp³-hybridized carbons (Fsp3) is 0.200. The third-order valence-electron chi connectivity index (χ3n) is 2.77. The Balaban J connectivity index is 2.27. The molecular weight excluding hydrogens is 246 g/mol. The molecule has 1 heterocycles. The Labute approximate surface area is 112 Å². The van der Waals surface area contributed by atoms with Crippen LogP contribution in [0.15, 0.2) is 42.7 Å². The van der Waals surface area contributed by atoms with E-state index in [2.05, 4.69) is 11.9 Å². The van der Waals surface area contributed by atoms with Crippen molar-refractivity contribution in [1.82, 2.24) is 4.98 Å². The SMILES string of the molecule is CCCc1ccc(C(=O)c2ccncc2Cl)cc1. The summed E-state index contributed by atoms with van der Waals surface area (Å²) in [6.07, 6.45) is 5.19. The third kappa shape index (κ3) is 2.77. The van der Waals surface area contributed by atoms with Gasteiger partial charge in [-0.25, -0.2) is 0 Å². The van der Waals surface area contributed by atoms with E-state index in [-0.39, 0.29) is 5.78 Å². The molecule has 0 saturated carbocycles.